The van der Waals surface area contributed by atoms with E-state index < -0.39 is 0 Å². The van der Waals surface area contributed by atoms with Crippen molar-refractivity contribution in [2.75, 3.05) is 7.11 Å². The average Bonchev–Trinajstić information content (AvgIpc) is 2.46. The summed E-state index contributed by atoms with van der Waals surface area (Å²) in [7, 11) is 1.47. The zero-order valence-corrected chi connectivity index (χ0v) is 11.4. The number of ether oxygens (including phenoxy) is 2. The van der Waals surface area contributed by atoms with E-state index >= 15 is 0 Å². The summed E-state index contributed by atoms with van der Waals surface area (Å²) in [6.45, 7) is 0. The lowest BCUT2D eigenvalue weighted by atomic mass is 9.86. The van der Waals surface area contributed by atoms with Gasteiger partial charge in [0.2, 0.25) is 0 Å². The molecule has 1 aliphatic heterocycles. The Balaban J connectivity index is 2.09. The third kappa shape index (κ3) is 2.38. The molecule has 0 bridgehead atoms. The van der Waals surface area contributed by atoms with E-state index in [9.17, 15) is 15.0 Å². The first-order valence-corrected chi connectivity index (χ1v) is 6.49. The van der Waals surface area contributed by atoms with Gasteiger partial charge in [0.1, 0.15) is 11.5 Å². The third-order valence-corrected chi connectivity index (χ3v) is 3.57. The van der Waals surface area contributed by atoms with Gasteiger partial charge in [0.15, 0.2) is 11.5 Å². The smallest absolute Gasteiger partial charge is 0.312 e. The molecule has 2 aromatic carbocycles. The summed E-state index contributed by atoms with van der Waals surface area (Å²) in [6, 6.07) is 9.71. The van der Waals surface area contributed by atoms with Gasteiger partial charge in [-0.15, -0.1) is 0 Å². The van der Waals surface area contributed by atoms with E-state index in [-0.39, 0.29) is 29.8 Å². The third-order valence-electron chi connectivity index (χ3n) is 3.57. The number of fused-ring (bicyclic) bond motifs is 1. The molecule has 108 valence electrons. The van der Waals surface area contributed by atoms with Crippen LogP contribution in [0.3, 0.4) is 0 Å². The number of esters is 1. The molecule has 0 fully saturated rings. The number of aromatic hydroxyl groups is 2. The summed E-state index contributed by atoms with van der Waals surface area (Å²) in [6.07, 6.45) is 0.200. The van der Waals surface area contributed by atoms with Crippen LogP contribution in [-0.4, -0.2) is 23.3 Å². The lowest BCUT2D eigenvalue weighted by Gasteiger charge is -2.25. The molecule has 0 unspecified atom stereocenters. The number of benzene rings is 2. The minimum Gasteiger partial charge on any atom is -0.508 e. The van der Waals surface area contributed by atoms with E-state index in [0.717, 1.165) is 11.1 Å². The molecule has 0 radical (unpaired) electrons. The SMILES string of the molecule is COc1cc([C@H]2CC(=O)Oc3cc(O)ccc32)ccc1O. The first-order chi connectivity index (χ1) is 10.1. The highest BCUT2D eigenvalue weighted by atomic mass is 16.5. The van der Waals surface area contributed by atoms with Crippen LogP contribution in [0.15, 0.2) is 36.4 Å². The molecule has 5 nitrogen and oxygen atoms in total. The van der Waals surface area contributed by atoms with Crippen LogP contribution in [0.2, 0.25) is 0 Å². The van der Waals surface area contributed by atoms with Crippen LogP contribution in [0.1, 0.15) is 23.5 Å². The summed E-state index contributed by atoms with van der Waals surface area (Å²) >= 11 is 0. The number of phenolic OH excluding ortho intramolecular Hbond substituents is 2. The normalized spacial score (nSPS) is 17.0. The van der Waals surface area contributed by atoms with E-state index in [1.807, 2.05) is 0 Å². The first-order valence-electron chi connectivity index (χ1n) is 6.49. The van der Waals surface area contributed by atoms with Crippen LogP contribution < -0.4 is 9.47 Å². The molecule has 0 saturated carbocycles. The molecule has 0 saturated heterocycles. The Kier molecular flexibility index (Phi) is 3.17. The second-order valence-electron chi connectivity index (χ2n) is 4.88. The van der Waals surface area contributed by atoms with Gasteiger partial charge in [-0.1, -0.05) is 12.1 Å². The summed E-state index contributed by atoms with van der Waals surface area (Å²) in [5.41, 5.74) is 1.66. The Morgan fingerprint density at radius 2 is 2.00 bits per heavy atom. The highest BCUT2D eigenvalue weighted by Crippen LogP contribution is 2.42. The zero-order valence-electron chi connectivity index (χ0n) is 11.4. The topological polar surface area (TPSA) is 76.0 Å². The van der Waals surface area contributed by atoms with E-state index in [2.05, 4.69) is 0 Å². The molecular formula is C16H14O5. The minimum atomic E-state index is -0.356. The van der Waals surface area contributed by atoms with Gasteiger partial charge in [-0.05, 0) is 23.8 Å². The molecule has 3 rings (SSSR count). The van der Waals surface area contributed by atoms with Crippen molar-refractivity contribution >= 4 is 5.97 Å². The van der Waals surface area contributed by atoms with Crippen molar-refractivity contribution in [3.05, 3.63) is 47.5 Å². The van der Waals surface area contributed by atoms with E-state index in [0.29, 0.717) is 11.5 Å². The standard InChI is InChI=1S/C16H14O5/c1-20-15-6-9(2-5-13(15)18)12-8-16(19)21-14-7-10(17)3-4-11(12)14/h2-7,12,17-18H,8H2,1H3/t12-/m1/s1. The predicted molar refractivity (Wildman–Crippen MR) is 74.9 cm³/mol. The first kappa shape index (κ1) is 13.3. The van der Waals surface area contributed by atoms with E-state index in [1.54, 1.807) is 24.3 Å². The number of carbonyl (C=O) groups excluding carboxylic acids is 1. The minimum absolute atomic E-state index is 0.0467. The van der Waals surface area contributed by atoms with Crippen molar-refractivity contribution in [2.24, 2.45) is 0 Å². The summed E-state index contributed by atoms with van der Waals surface area (Å²) in [5, 5.41) is 19.2. The van der Waals surface area contributed by atoms with E-state index in [1.165, 1.54) is 19.2 Å². The Morgan fingerprint density at radius 1 is 1.19 bits per heavy atom. The van der Waals surface area contributed by atoms with Crippen LogP contribution in [0.25, 0.3) is 0 Å². The van der Waals surface area contributed by atoms with Crippen LogP contribution in [0.4, 0.5) is 0 Å². The van der Waals surface area contributed by atoms with Gasteiger partial charge in [-0.25, -0.2) is 0 Å². The molecule has 0 aromatic heterocycles. The average molecular weight is 286 g/mol. The molecule has 21 heavy (non-hydrogen) atoms. The van der Waals surface area contributed by atoms with Gasteiger partial charge in [-0.3, -0.25) is 4.79 Å². The maximum absolute atomic E-state index is 11.8. The summed E-state index contributed by atoms with van der Waals surface area (Å²) in [4.78, 5) is 11.8. The quantitative estimate of drug-likeness (QED) is 0.655. The number of hydrogen-bond acceptors (Lipinski definition) is 5. The molecule has 2 aromatic rings. The van der Waals surface area contributed by atoms with Crippen molar-refractivity contribution in [1.82, 2.24) is 0 Å². The van der Waals surface area contributed by atoms with Gasteiger partial charge in [-0.2, -0.15) is 0 Å². The molecular weight excluding hydrogens is 272 g/mol. The fourth-order valence-corrected chi connectivity index (χ4v) is 2.55. The Hall–Kier alpha value is -2.69. The van der Waals surface area contributed by atoms with Crippen molar-refractivity contribution in [1.29, 1.82) is 0 Å². The molecule has 0 aliphatic carbocycles. The predicted octanol–water partition coefficient (Wildman–Crippen LogP) is 2.55. The monoisotopic (exact) mass is 286 g/mol. The molecule has 1 atom stereocenters. The van der Waals surface area contributed by atoms with Gasteiger partial charge >= 0.3 is 5.97 Å². The van der Waals surface area contributed by atoms with Gasteiger partial charge < -0.3 is 19.7 Å². The van der Waals surface area contributed by atoms with Gasteiger partial charge in [0.05, 0.1) is 13.5 Å². The second-order valence-corrected chi connectivity index (χ2v) is 4.88. The van der Waals surface area contributed by atoms with Gasteiger partial charge in [0.25, 0.3) is 0 Å². The second kappa shape index (κ2) is 5.01. The molecule has 1 aliphatic rings. The summed E-state index contributed by atoms with van der Waals surface area (Å²) in [5.74, 6) is 0.257. The van der Waals surface area contributed by atoms with Crippen LogP contribution in [0.5, 0.6) is 23.0 Å². The molecule has 0 amide bonds. The number of methoxy groups -OCH3 is 1. The van der Waals surface area contributed by atoms with Crippen LogP contribution >= 0.6 is 0 Å². The highest BCUT2D eigenvalue weighted by molar-refractivity contribution is 5.78. The van der Waals surface area contributed by atoms with Crippen molar-refractivity contribution < 1.29 is 24.5 Å². The Labute approximate surface area is 121 Å². The molecule has 2 N–H and O–H groups in total. The number of hydrogen-bond donors (Lipinski definition) is 2. The molecule has 0 spiro atoms. The number of rotatable bonds is 2. The maximum Gasteiger partial charge on any atom is 0.312 e. The number of carbonyl (C=O) groups is 1. The number of phenols is 2. The molecule has 5 heteroatoms. The molecule has 1 heterocycles. The van der Waals surface area contributed by atoms with Crippen molar-refractivity contribution in [3.63, 3.8) is 0 Å². The maximum atomic E-state index is 11.8. The lowest BCUT2D eigenvalue weighted by Crippen LogP contribution is -2.20. The van der Waals surface area contributed by atoms with Crippen LogP contribution in [-0.2, 0) is 4.79 Å². The highest BCUT2D eigenvalue weighted by Gasteiger charge is 2.29. The fourth-order valence-electron chi connectivity index (χ4n) is 2.55. The Bertz CT molecular complexity index is 708. The lowest BCUT2D eigenvalue weighted by molar-refractivity contribution is -0.135. The largest absolute Gasteiger partial charge is 0.508 e. The Morgan fingerprint density at radius 3 is 2.76 bits per heavy atom. The van der Waals surface area contributed by atoms with Crippen LogP contribution in [0, 0.1) is 0 Å². The van der Waals surface area contributed by atoms with Crippen molar-refractivity contribution in [3.8, 4) is 23.0 Å². The van der Waals surface area contributed by atoms with E-state index in [4.69, 9.17) is 9.47 Å². The van der Waals surface area contributed by atoms with Gasteiger partial charge in [0, 0.05) is 17.5 Å². The fraction of sp³-hybridized carbons (Fsp3) is 0.188. The summed E-state index contributed by atoms with van der Waals surface area (Å²) < 4.78 is 10.3. The zero-order chi connectivity index (χ0) is 15.0. The van der Waals surface area contributed by atoms with Crippen molar-refractivity contribution in [2.45, 2.75) is 12.3 Å².